The standard InChI is InChI=1S/C13H22N2.H2O/c1-2-6-12(5-1)14-9-10-15(11-14)13-7-3-4-8-13;/h9-10,12-13H,1-8,11H2;1H2. The first-order valence-corrected chi connectivity index (χ1v) is 6.63. The average Bonchev–Trinajstić information content (AvgIpc) is 3.02. The zero-order valence-electron chi connectivity index (χ0n) is 10.1. The Labute approximate surface area is 98.4 Å². The van der Waals surface area contributed by atoms with E-state index in [9.17, 15) is 0 Å². The van der Waals surface area contributed by atoms with Crippen molar-refractivity contribution in [3.8, 4) is 0 Å². The van der Waals surface area contributed by atoms with Gasteiger partial charge in [0.05, 0.1) is 6.67 Å². The van der Waals surface area contributed by atoms with E-state index in [1.165, 1.54) is 58.0 Å². The third kappa shape index (κ3) is 2.19. The molecule has 2 saturated carbocycles. The molecule has 1 aliphatic heterocycles. The molecule has 0 atom stereocenters. The third-order valence-electron chi connectivity index (χ3n) is 4.36. The molecule has 1 heterocycles. The molecule has 0 unspecified atom stereocenters. The lowest BCUT2D eigenvalue weighted by atomic mass is 10.2. The summed E-state index contributed by atoms with van der Waals surface area (Å²) in [6, 6.07) is 1.71. The number of hydrogen-bond acceptors (Lipinski definition) is 2. The van der Waals surface area contributed by atoms with Crippen LogP contribution in [0.15, 0.2) is 12.4 Å². The Morgan fingerprint density at radius 3 is 1.44 bits per heavy atom. The highest BCUT2D eigenvalue weighted by Crippen LogP contribution is 2.30. The van der Waals surface area contributed by atoms with Gasteiger partial charge in [0.2, 0.25) is 0 Å². The maximum Gasteiger partial charge on any atom is 0.0899 e. The van der Waals surface area contributed by atoms with Crippen LogP contribution in [0.3, 0.4) is 0 Å². The molecule has 0 saturated heterocycles. The van der Waals surface area contributed by atoms with Gasteiger partial charge in [0.1, 0.15) is 0 Å². The van der Waals surface area contributed by atoms with Gasteiger partial charge in [-0.05, 0) is 25.7 Å². The molecule has 3 heteroatoms. The minimum atomic E-state index is 0. The molecule has 0 aromatic heterocycles. The molecule has 2 aliphatic carbocycles. The Morgan fingerprint density at radius 2 is 1.06 bits per heavy atom. The Balaban J connectivity index is 0.000000963. The number of hydrogen-bond donors (Lipinski definition) is 0. The van der Waals surface area contributed by atoms with Crippen molar-refractivity contribution in [2.45, 2.75) is 63.5 Å². The largest absolute Gasteiger partial charge is 0.412 e. The summed E-state index contributed by atoms with van der Waals surface area (Å²) in [5.41, 5.74) is 0. The maximum atomic E-state index is 2.57. The summed E-state index contributed by atoms with van der Waals surface area (Å²) in [6.07, 6.45) is 16.1. The molecule has 92 valence electrons. The average molecular weight is 224 g/mol. The van der Waals surface area contributed by atoms with Crippen LogP contribution in [0.25, 0.3) is 0 Å². The fraction of sp³-hybridized carbons (Fsp3) is 0.846. The number of rotatable bonds is 2. The Morgan fingerprint density at radius 1 is 0.688 bits per heavy atom. The highest BCUT2D eigenvalue weighted by Gasteiger charge is 2.28. The topological polar surface area (TPSA) is 38.0 Å². The predicted molar refractivity (Wildman–Crippen MR) is 65.8 cm³/mol. The first-order chi connectivity index (χ1) is 7.43. The van der Waals surface area contributed by atoms with Crippen molar-refractivity contribution in [1.29, 1.82) is 0 Å². The molecule has 0 aromatic carbocycles. The third-order valence-corrected chi connectivity index (χ3v) is 4.36. The van der Waals surface area contributed by atoms with Crippen molar-refractivity contribution in [3.63, 3.8) is 0 Å². The van der Waals surface area contributed by atoms with Crippen LogP contribution < -0.4 is 0 Å². The van der Waals surface area contributed by atoms with E-state index in [0.717, 1.165) is 12.1 Å². The first kappa shape index (κ1) is 11.8. The highest BCUT2D eigenvalue weighted by atomic mass is 16.0. The minimum absolute atomic E-state index is 0. The van der Waals surface area contributed by atoms with E-state index in [0.29, 0.717) is 0 Å². The van der Waals surface area contributed by atoms with Crippen molar-refractivity contribution in [2.75, 3.05) is 6.67 Å². The summed E-state index contributed by atoms with van der Waals surface area (Å²) < 4.78 is 0. The zero-order chi connectivity index (χ0) is 10.1. The molecule has 3 rings (SSSR count). The molecule has 0 amide bonds. The molecular weight excluding hydrogens is 200 g/mol. The second-order valence-electron chi connectivity index (χ2n) is 5.34. The van der Waals surface area contributed by atoms with E-state index in [4.69, 9.17) is 0 Å². The minimum Gasteiger partial charge on any atom is -0.412 e. The Bertz CT molecular complexity index is 218. The molecule has 3 aliphatic rings. The molecule has 2 fully saturated rings. The SMILES string of the molecule is C1=CN(C2CCCC2)CN1C1CCCC1.O. The highest BCUT2D eigenvalue weighted by molar-refractivity contribution is 4.98. The second kappa shape index (κ2) is 5.09. The fourth-order valence-electron chi connectivity index (χ4n) is 3.40. The van der Waals surface area contributed by atoms with Crippen LogP contribution >= 0.6 is 0 Å². The molecule has 0 bridgehead atoms. The van der Waals surface area contributed by atoms with E-state index < -0.39 is 0 Å². The molecule has 0 spiro atoms. The predicted octanol–water partition coefficient (Wildman–Crippen LogP) is 2.09. The molecule has 0 radical (unpaired) electrons. The smallest absolute Gasteiger partial charge is 0.0899 e. The van der Waals surface area contributed by atoms with Crippen LogP contribution in [-0.2, 0) is 0 Å². The van der Waals surface area contributed by atoms with Crippen LogP contribution in [0.4, 0.5) is 0 Å². The summed E-state index contributed by atoms with van der Waals surface area (Å²) in [6.45, 7) is 1.18. The van der Waals surface area contributed by atoms with Crippen LogP contribution in [-0.4, -0.2) is 34.0 Å². The lowest BCUT2D eigenvalue weighted by molar-refractivity contribution is 0.178. The van der Waals surface area contributed by atoms with Gasteiger partial charge in [0, 0.05) is 24.5 Å². The van der Waals surface area contributed by atoms with E-state index in [1.807, 2.05) is 0 Å². The van der Waals surface area contributed by atoms with Gasteiger partial charge in [0.15, 0.2) is 0 Å². The normalized spacial score (nSPS) is 26.8. The van der Waals surface area contributed by atoms with Crippen LogP contribution in [0.5, 0.6) is 0 Å². The summed E-state index contributed by atoms with van der Waals surface area (Å²) in [5, 5.41) is 0. The van der Waals surface area contributed by atoms with Gasteiger partial charge < -0.3 is 15.3 Å². The van der Waals surface area contributed by atoms with Crippen LogP contribution in [0.2, 0.25) is 0 Å². The second-order valence-corrected chi connectivity index (χ2v) is 5.34. The van der Waals surface area contributed by atoms with E-state index >= 15 is 0 Å². The summed E-state index contributed by atoms with van der Waals surface area (Å²) >= 11 is 0. The Kier molecular flexibility index (Phi) is 3.74. The van der Waals surface area contributed by atoms with Crippen molar-refractivity contribution >= 4 is 0 Å². The fourth-order valence-corrected chi connectivity index (χ4v) is 3.40. The van der Waals surface area contributed by atoms with Crippen LogP contribution in [0, 0.1) is 0 Å². The van der Waals surface area contributed by atoms with Crippen molar-refractivity contribution in [3.05, 3.63) is 12.4 Å². The van der Waals surface area contributed by atoms with Gasteiger partial charge in [-0.2, -0.15) is 0 Å². The quantitative estimate of drug-likeness (QED) is 0.720. The van der Waals surface area contributed by atoms with Gasteiger partial charge in [-0.15, -0.1) is 0 Å². The molecular formula is C13H24N2O. The van der Waals surface area contributed by atoms with Gasteiger partial charge in [-0.25, -0.2) is 0 Å². The zero-order valence-corrected chi connectivity index (χ0v) is 10.1. The molecule has 2 N–H and O–H groups in total. The van der Waals surface area contributed by atoms with Gasteiger partial charge in [-0.1, -0.05) is 25.7 Å². The summed E-state index contributed by atoms with van der Waals surface area (Å²) in [5.74, 6) is 0. The molecule has 3 nitrogen and oxygen atoms in total. The van der Waals surface area contributed by atoms with E-state index in [-0.39, 0.29) is 5.48 Å². The molecule has 16 heavy (non-hydrogen) atoms. The monoisotopic (exact) mass is 224 g/mol. The lowest BCUT2D eigenvalue weighted by Crippen LogP contribution is -2.36. The van der Waals surface area contributed by atoms with E-state index in [2.05, 4.69) is 22.2 Å². The van der Waals surface area contributed by atoms with Gasteiger partial charge in [0.25, 0.3) is 0 Å². The summed E-state index contributed by atoms with van der Waals surface area (Å²) in [7, 11) is 0. The van der Waals surface area contributed by atoms with Crippen molar-refractivity contribution in [1.82, 2.24) is 9.80 Å². The van der Waals surface area contributed by atoms with Gasteiger partial charge >= 0.3 is 0 Å². The first-order valence-electron chi connectivity index (χ1n) is 6.63. The maximum absolute atomic E-state index is 2.57. The Hall–Kier alpha value is -0.700. The number of nitrogens with zero attached hydrogens (tertiary/aromatic N) is 2. The summed E-state index contributed by atoms with van der Waals surface area (Å²) in [4.78, 5) is 5.15. The van der Waals surface area contributed by atoms with E-state index in [1.54, 1.807) is 0 Å². The van der Waals surface area contributed by atoms with Crippen molar-refractivity contribution in [2.24, 2.45) is 0 Å². The lowest BCUT2D eigenvalue weighted by Gasteiger charge is -2.29. The van der Waals surface area contributed by atoms with Gasteiger partial charge in [-0.3, -0.25) is 0 Å². The van der Waals surface area contributed by atoms with Crippen LogP contribution in [0.1, 0.15) is 51.4 Å². The van der Waals surface area contributed by atoms with Crippen molar-refractivity contribution < 1.29 is 5.48 Å². The molecule has 0 aromatic rings.